The van der Waals surface area contributed by atoms with Crippen molar-refractivity contribution in [3.63, 3.8) is 0 Å². The summed E-state index contributed by atoms with van der Waals surface area (Å²) < 4.78 is 1.83. The molecule has 1 amide bonds. The molecule has 1 aliphatic carbocycles. The van der Waals surface area contributed by atoms with Gasteiger partial charge in [-0.05, 0) is 79.6 Å². The molecular weight excluding hydrogens is 404 g/mol. The standard InChI is InChI=1S/C25H24N4OS/c1-16-6-7-20(12-17(16)2)22-14-23-25(26-10-11-29(23)28-22)31-15-24(30)27-21-9-8-18-4-3-5-19(18)13-21/h6-14H,3-5,15H2,1-2H3,(H,27,30). The Hall–Kier alpha value is -3.12. The highest BCUT2D eigenvalue weighted by molar-refractivity contribution is 8.00. The van der Waals surface area contributed by atoms with E-state index in [4.69, 9.17) is 5.10 Å². The number of carbonyl (C=O) groups is 1. The average Bonchev–Trinajstić information content (AvgIpc) is 3.41. The van der Waals surface area contributed by atoms with E-state index in [-0.39, 0.29) is 5.91 Å². The lowest BCUT2D eigenvalue weighted by atomic mass is 10.0. The Bertz CT molecular complexity index is 1290. The number of amides is 1. The van der Waals surface area contributed by atoms with Crippen LogP contribution in [-0.4, -0.2) is 26.3 Å². The van der Waals surface area contributed by atoms with Gasteiger partial charge in [0.05, 0.1) is 17.0 Å². The molecule has 1 N–H and O–H groups in total. The second kappa shape index (κ2) is 8.19. The largest absolute Gasteiger partial charge is 0.325 e. The molecule has 156 valence electrons. The summed E-state index contributed by atoms with van der Waals surface area (Å²) in [6.45, 7) is 4.21. The van der Waals surface area contributed by atoms with Gasteiger partial charge in [0.1, 0.15) is 5.03 Å². The number of aryl methyl sites for hydroxylation is 4. The second-order valence-corrected chi connectivity index (χ2v) is 9.03. The fourth-order valence-corrected chi connectivity index (χ4v) is 4.81. The highest BCUT2D eigenvalue weighted by Crippen LogP contribution is 2.28. The molecule has 0 aliphatic heterocycles. The predicted octanol–water partition coefficient (Wildman–Crippen LogP) is 5.23. The van der Waals surface area contributed by atoms with Crippen LogP contribution >= 0.6 is 11.8 Å². The molecule has 6 heteroatoms. The fourth-order valence-electron chi connectivity index (χ4n) is 4.03. The van der Waals surface area contributed by atoms with Gasteiger partial charge in [-0.15, -0.1) is 0 Å². The molecule has 0 radical (unpaired) electrons. The van der Waals surface area contributed by atoms with Crippen molar-refractivity contribution in [2.75, 3.05) is 11.1 Å². The van der Waals surface area contributed by atoms with Crippen molar-refractivity contribution in [1.82, 2.24) is 14.6 Å². The molecule has 1 aliphatic rings. The third kappa shape index (κ3) is 4.08. The molecule has 4 aromatic rings. The lowest BCUT2D eigenvalue weighted by Gasteiger charge is -2.07. The van der Waals surface area contributed by atoms with Gasteiger partial charge in [-0.2, -0.15) is 5.10 Å². The van der Waals surface area contributed by atoms with E-state index in [0.29, 0.717) is 5.75 Å². The first kappa shape index (κ1) is 19.8. The van der Waals surface area contributed by atoms with Crippen molar-refractivity contribution in [2.24, 2.45) is 0 Å². The van der Waals surface area contributed by atoms with Gasteiger partial charge in [-0.1, -0.05) is 30.0 Å². The van der Waals surface area contributed by atoms with Crippen LogP contribution in [0.3, 0.4) is 0 Å². The zero-order valence-corrected chi connectivity index (χ0v) is 18.5. The Labute approximate surface area is 185 Å². The maximum absolute atomic E-state index is 12.5. The Morgan fingerprint density at radius 2 is 1.94 bits per heavy atom. The van der Waals surface area contributed by atoms with Crippen molar-refractivity contribution in [3.05, 3.63) is 77.1 Å². The van der Waals surface area contributed by atoms with Crippen LogP contribution in [0.1, 0.15) is 28.7 Å². The molecule has 31 heavy (non-hydrogen) atoms. The zero-order chi connectivity index (χ0) is 21.4. The minimum atomic E-state index is -0.0272. The summed E-state index contributed by atoms with van der Waals surface area (Å²) >= 11 is 1.43. The maximum Gasteiger partial charge on any atom is 0.234 e. The number of fused-ring (bicyclic) bond motifs is 2. The minimum absolute atomic E-state index is 0.0272. The zero-order valence-electron chi connectivity index (χ0n) is 17.7. The summed E-state index contributed by atoms with van der Waals surface area (Å²) in [6.07, 6.45) is 7.02. The first-order valence-corrected chi connectivity index (χ1v) is 11.5. The summed E-state index contributed by atoms with van der Waals surface area (Å²) in [5.41, 5.74) is 9.03. The molecule has 0 bridgehead atoms. The second-order valence-electron chi connectivity index (χ2n) is 8.06. The monoisotopic (exact) mass is 428 g/mol. The van der Waals surface area contributed by atoms with Crippen molar-refractivity contribution in [2.45, 2.75) is 38.1 Å². The summed E-state index contributed by atoms with van der Waals surface area (Å²) in [6, 6.07) is 14.6. The first-order chi connectivity index (χ1) is 15.1. The number of rotatable bonds is 5. The summed E-state index contributed by atoms with van der Waals surface area (Å²) in [5, 5.41) is 8.53. The van der Waals surface area contributed by atoms with Crippen LogP contribution in [0.25, 0.3) is 16.8 Å². The number of nitrogens with zero attached hydrogens (tertiary/aromatic N) is 3. The third-order valence-electron chi connectivity index (χ3n) is 5.88. The van der Waals surface area contributed by atoms with Crippen LogP contribution in [0.2, 0.25) is 0 Å². The molecule has 0 atom stereocenters. The summed E-state index contributed by atoms with van der Waals surface area (Å²) in [4.78, 5) is 17.0. The Morgan fingerprint density at radius 3 is 2.81 bits per heavy atom. The number of anilines is 1. The van der Waals surface area contributed by atoms with Gasteiger partial charge in [0, 0.05) is 23.6 Å². The smallest absolute Gasteiger partial charge is 0.234 e. The van der Waals surface area contributed by atoms with Crippen LogP contribution in [0.15, 0.2) is 59.9 Å². The average molecular weight is 429 g/mol. The lowest BCUT2D eigenvalue weighted by Crippen LogP contribution is -2.14. The van der Waals surface area contributed by atoms with Crippen LogP contribution in [0.4, 0.5) is 5.69 Å². The van der Waals surface area contributed by atoms with E-state index in [1.807, 2.05) is 22.8 Å². The summed E-state index contributed by atoms with van der Waals surface area (Å²) in [7, 11) is 0. The molecule has 0 spiro atoms. The Kier molecular flexibility index (Phi) is 5.24. The van der Waals surface area contributed by atoms with Gasteiger partial charge in [-0.3, -0.25) is 4.79 Å². The predicted molar refractivity (Wildman–Crippen MR) is 126 cm³/mol. The Morgan fingerprint density at radius 1 is 1.06 bits per heavy atom. The molecule has 0 saturated carbocycles. The van der Waals surface area contributed by atoms with E-state index in [9.17, 15) is 4.79 Å². The van der Waals surface area contributed by atoms with Gasteiger partial charge >= 0.3 is 0 Å². The molecule has 5 rings (SSSR count). The van der Waals surface area contributed by atoms with Gasteiger partial charge in [0.15, 0.2) is 0 Å². The molecule has 0 unspecified atom stereocenters. The number of aromatic nitrogens is 3. The van der Waals surface area contributed by atoms with Crippen LogP contribution < -0.4 is 5.32 Å². The van der Waals surface area contributed by atoms with Crippen molar-refractivity contribution in [1.29, 1.82) is 0 Å². The first-order valence-electron chi connectivity index (χ1n) is 10.5. The fraction of sp³-hybridized carbons (Fsp3) is 0.240. The lowest BCUT2D eigenvalue weighted by molar-refractivity contribution is -0.113. The van der Waals surface area contributed by atoms with E-state index in [1.165, 1.54) is 40.4 Å². The molecule has 2 aromatic heterocycles. The molecule has 0 fully saturated rings. The van der Waals surface area contributed by atoms with Gasteiger partial charge in [0.2, 0.25) is 5.91 Å². The molecule has 2 heterocycles. The van der Waals surface area contributed by atoms with Crippen LogP contribution in [-0.2, 0) is 17.6 Å². The van der Waals surface area contributed by atoms with Crippen molar-refractivity contribution in [3.8, 4) is 11.3 Å². The van der Waals surface area contributed by atoms with Crippen molar-refractivity contribution < 1.29 is 4.79 Å². The minimum Gasteiger partial charge on any atom is -0.325 e. The highest BCUT2D eigenvalue weighted by atomic mass is 32.2. The molecule has 2 aromatic carbocycles. The number of hydrogen-bond donors (Lipinski definition) is 1. The molecular formula is C25H24N4OS. The molecule has 0 saturated heterocycles. The number of benzene rings is 2. The van der Waals surface area contributed by atoms with Crippen molar-refractivity contribution >= 4 is 28.9 Å². The number of nitrogens with one attached hydrogen (secondary N) is 1. The van der Waals surface area contributed by atoms with E-state index >= 15 is 0 Å². The normalized spacial score (nSPS) is 12.8. The van der Waals surface area contributed by atoms with Gasteiger partial charge in [0.25, 0.3) is 0 Å². The SMILES string of the molecule is Cc1ccc(-c2cc3c(SCC(=O)Nc4ccc5c(c4)CCC5)nccn3n2)cc1C. The van der Waals surface area contributed by atoms with E-state index in [1.54, 1.807) is 6.20 Å². The highest BCUT2D eigenvalue weighted by Gasteiger charge is 2.14. The topological polar surface area (TPSA) is 59.3 Å². The molecule has 5 nitrogen and oxygen atoms in total. The number of hydrogen-bond acceptors (Lipinski definition) is 4. The van der Waals surface area contributed by atoms with Crippen LogP contribution in [0, 0.1) is 13.8 Å². The van der Waals surface area contributed by atoms with Gasteiger partial charge < -0.3 is 5.32 Å². The quantitative estimate of drug-likeness (QED) is 0.442. The Balaban J connectivity index is 1.31. The maximum atomic E-state index is 12.5. The van der Waals surface area contributed by atoms with Crippen LogP contribution in [0.5, 0.6) is 0 Å². The third-order valence-corrected chi connectivity index (χ3v) is 6.87. The number of thioether (sulfide) groups is 1. The van der Waals surface area contributed by atoms with E-state index < -0.39 is 0 Å². The van der Waals surface area contributed by atoms with Gasteiger partial charge in [-0.25, -0.2) is 9.50 Å². The number of carbonyl (C=O) groups excluding carboxylic acids is 1. The van der Waals surface area contributed by atoms with E-state index in [2.05, 4.69) is 54.5 Å². The van der Waals surface area contributed by atoms with E-state index in [0.717, 1.165) is 40.3 Å². The summed E-state index contributed by atoms with van der Waals surface area (Å²) in [5.74, 6) is 0.272.